The highest BCUT2D eigenvalue weighted by Crippen LogP contribution is 2.19. The van der Waals surface area contributed by atoms with Gasteiger partial charge in [0.1, 0.15) is 12.4 Å². The lowest BCUT2D eigenvalue weighted by Crippen LogP contribution is -2.12. The van der Waals surface area contributed by atoms with Crippen molar-refractivity contribution in [3.63, 3.8) is 0 Å². The van der Waals surface area contributed by atoms with Crippen LogP contribution in [0.25, 0.3) is 0 Å². The number of hydrogen-bond acceptors (Lipinski definition) is 2. The molecule has 5 heteroatoms. The standard InChI is InChI=1S/C9H10F3NO/c10-5-8(13)6-2-1-3-7(4-6)14-9(11)12/h1-4,8-9H,5,13H2/t8-/m0/s1. The van der Waals surface area contributed by atoms with Gasteiger partial charge < -0.3 is 10.5 Å². The fraction of sp³-hybridized carbons (Fsp3) is 0.333. The first-order chi connectivity index (χ1) is 6.63. The van der Waals surface area contributed by atoms with Gasteiger partial charge in [0.2, 0.25) is 0 Å². The maximum Gasteiger partial charge on any atom is 0.387 e. The topological polar surface area (TPSA) is 35.2 Å². The Morgan fingerprint density at radius 1 is 1.36 bits per heavy atom. The summed E-state index contributed by atoms with van der Waals surface area (Å²) in [6.45, 7) is -3.62. The van der Waals surface area contributed by atoms with Gasteiger partial charge in [0.05, 0.1) is 6.04 Å². The van der Waals surface area contributed by atoms with Crippen molar-refractivity contribution in [2.45, 2.75) is 12.7 Å². The minimum atomic E-state index is -2.88. The average molecular weight is 205 g/mol. The predicted molar refractivity (Wildman–Crippen MR) is 46.0 cm³/mol. The summed E-state index contributed by atoms with van der Waals surface area (Å²) in [7, 11) is 0. The van der Waals surface area contributed by atoms with Crippen LogP contribution in [0, 0.1) is 0 Å². The number of rotatable bonds is 4. The van der Waals surface area contributed by atoms with Crippen molar-refractivity contribution >= 4 is 0 Å². The first-order valence-electron chi connectivity index (χ1n) is 4.00. The molecule has 0 radical (unpaired) electrons. The largest absolute Gasteiger partial charge is 0.435 e. The molecular weight excluding hydrogens is 195 g/mol. The number of alkyl halides is 3. The van der Waals surface area contributed by atoms with E-state index in [-0.39, 0.29) is 5.75 Å². The zero-order valence-corrected chi connectivity index (χ0v) is 7.29. The van der Waals surface area contributed by atoms with Crippen molar-refractivity contribution in [1.82, 2.24) is 0 Å². The van der Waals surface area contributed by atoms with Gasteiger partial charge in [-0.2, -0.15) is 8.78 Å². The molecule has 1 aromatic rings. The second-order valence-electron chi connectivity index (χ2n) is 2.71. The summed E-state index contributed by atoms with van der Waals surface area (Å²) in [6.07, 6.45) is 0. The van der Waals surface area contributed by atoms with Gasteiger partial charge in [0.15, 0.2) is 0 Å². The second-order valence-corrected chi connectivity index (χ2v) is 2.71. The number of ether oxygens (including phenoxy) is 1. The Morgan fingerprint density at radius 3 is 2.64 bits per heavy atom. The normalized spacial score (nSPS) is 12.9. The van der Waals surface area contributed by atoms with Crippen molar-refractivity contribution in [2.75, 3.05) is 6.67 Å². The molecule has 0 saturated heterocycles. The molecule has 0 bridgehead atoms. The van der Waals surface area contributed by atoms with Crippen molar-refractivity contribution in [1.29, 1.82) is 0 Å². The summed E-state index contributed by atoms with van der Waals surface area (Å²) < 4.78 is 39.9. The number of halogens is 3. The van der Waals surface area contributed by atoms with Gasteiger partial charge in [-0.15, -0.1) is 0 Å². The van der Waals surface area contributed by atoms with Gasteiger partial charge in [-0.3, -0.25) is 0 Å². The Kier molecular flexibility index (Phi) is 3.76. The fourth-order valence-electron chi connectivity index (χ4n) is 1.01. The molecule has 0 aliphatic rings. The summed E-state index contributed by atoms with van der Waals surface area (Å²) >= 11 is 0. The second kappa shape index (κ2) is 4.85. The lowest BCUT2D eigenvalue weighted by Gasteiger charge is -2.09. The Balaban J connectivity index is 2.78. The molecule has 78 valence electrons. The molecule has 1 rings (SSSR count). The zero-order valence-electron chi connectivity index (χ0n) is 7.29. The minimum Gasteiger partial charge on any atom is -0.435 e. The van der Waals surface area contributed by atoms with E-state index in [4.69, 9.17) is 5.73 Å². The summed E-state index contributed by atoms with van der Waals surface area (Å²) in [5.74, 6) is -0.0126. The molecule has 0 fully saturated rings. The van der Waals surface area contributed by atoms with Crippen LogP contribution in [-0.2, 0) is 0 Å². The van der Waals surface area contributed by atoms with Crippen LogP contribution in [0.1, 0.15) is 11.6 Å². The zero-order chi connectivity index (χ0) is 10.6. The number of hydrogen-bond donors (Lipinski definition) is 1. The Morgan fingerprint density at radius 2 is 2.07 bits per heavy atom. The van der Waals surface area contributed by atoms with Gasteiger partial charge in [-0.25, -0.2) is 4.39 Å². The first-order valence-corrected chi connectivity index (χ1v) is 4.00. The van der Waals surface area contributed by atoms with E-state index in [2.05, 4.69) is 4.74 Å². The SMILES string of the molecule is N[C@@H](CF)c1cccc(OC(F)F)c1. The van der Waals surface area contributed by atoms with Crippen LogP contribution >= 0.6 is 0 Å². The van der Waals surface area contributed by atoms with Crippen molar-refractivity contribution in [2.24, 2.45) is 5.73 Å². The van der Waals surface area contributed by atoms with Crippen molar-refractivity contribution < 1.29 is 17.9 Å². The maximum atomic E-state index is 12.2. The van der Waals surface area contributed by atoms with Crippen LogP contribution in [0.2, 0.25) is 0 Å². The van der Waals surface area contributed by atoms with Crippen LogP contribution in [0.15, 0.2) is 24.3 Å². The molecule has 0 aliphatic carbocycles. The first kappa shape index (κ1) is 10.8. The quantitative estimate of drug-likeness (QED) is 0.818. The molecule has 2 N–H and O–H groups in total. The van der Waals surface area contributed by atoms with Crippen LogP contribution in [0.5, 0.6) is 5.75 Å². The number of benzene rings is 1. The van der Waals surface area contributed by atoms with E-state index in [1.807, 2.05) is 0 Å². The molecule has 0 saturated carbocycles. The Labute approximate surface area is 79.5 Å². The molecule has 0 heterocycles. The van der Waals surface area contributed by atoms with Gasteiger partial charge in [0.25, 0.3) is 0 Å². The van der Waals surface area contributed by atoms with E-state index in [0.717, 1.165) is 0 Å². The lowest BCUT2D eigenvalue weighted by atomic mass is 10.1. The highest BCUT2D eigenvalue weighted by atomic mass is 19.3. The van der Waals surface area contributed by atoms with E-state index >= 15 is 0 Å². The predicted octanol–water partition coefficient (Wildman–Crippen LogP) is 2.26. The Bertz CT molecular complexity index is 293. The molecule has 2 nitrogen and oxygen atoms in total. The molecule has 0 unspecified atom stereocenters. The van der Waals surface area contributed by atoms with E-state index in [1.165, 1.54) is 18.2 Å². The molecule has 0 spiro atoms. The van der Waals surface area contributed by atoms with Crippen LogP contribution < -0.4 is 10.5 Å². The molecular formula is C9H10F3NO. The maximum absolute atomic E-state index is 12.2. The molecule has 1 aromatic carbocycles. The summed E-state index contributed by atoms with van der Waals surface area (Å²) in [6, 6.07) is 4.92. The third-order valence-corrected chi connectivity index (χ3v) is 1.68. The van der Waals surface area contributed by atoms with Crippen LogP contribution in [-0.4, -0.2) is 13.3 Å². The summed E-state index contributed by atoms with van der Waals surface area (Å²) in [4.78, 5) is 0. The highest BCUT2D eigenvalue weighted by Gasteiger charge is 2.08. The third-order valence-electron chi connectivity index (χ3n) is 1.68. The molecule has 1 atom stereocenters. The average Bonchev–Trinajstić information content (AvgIpc) is 2.16. The fourth-order valence-corrected chi connectivity index (χ4v) is 1.01. The van der Waals surface area contributed by atoms with Gasteiger partial charge in [-0.05, 0) is 17.7 Å². The molecule has 0 aliphatic heterocycles. The third kappa shape index (κ3) is 2.92. The summed E-state index contributed by atoms with van der Waals surface area (Å²) in [5.41, 5.74) is 5.81. The van der Waals surface area contributed by atoms with Crippen molar-refractivity contribution in [3.8, 4) is 5.75 Å². The molecule has 0 amide bonds. The van der Waals surface area contributed by atoms with Crippen LogP contribution in [0.3, 0.4) is 0 Å². The van der Waals surface area contributed by atoms with Crippen molar-refractivity contribution in [3.05, 3.63) is 29.8 Å². The van der Waals surface area contributed by atoms with Gasteiger partial charge in [0, 0.05) is 0 Å². The number of nitrogens with two attached hydrogens (primary N) is 1. The Hall–Kier alpha value is -1.23. The highest BCUT2D eigenvalue weighted by molar-refractivity contribution is 5.30. The van der Waals surface area contributed by atoms with Crippen LogP contribution in [0.4, 0.5) is 13.2 Å². The van der Waals surface area contributed by atoms with E-state index in [0.29, 0.717) is 5.56 Å². The van der Waals surface area contributed by atoms with E-state index < -0.39 is 19.3 Å². The smallest absolute Gasteiger partial charge is 0.387 e. The lowest BCUT2D eigenvalue weighted by molar-refractivity contribution is -0.0498. The monoisotopic (exact) mass is 205 g/mol. The van der Waals surface area contributed by atoms with E-state index in [9.17, 15) is 13.2 Å². The van der Waals surface area contributed by atoms with E-state index in [1.54, 1.807) is 6.07 Å². The summed E-state index contributed by atoms with van der Waals surface area (Å²) in [5, 5.41) is 0. The van der Waals surface area contributed by atoms with Gasteiger partial charge in [-0.1, -0.05) is 12.1 Å². The molecule has 0 aromatic heterocycles. The minimum absolute atomic E-state index is 0.0126. The van der Waals surface area contributed by atoms with Gasteiger partial charge >= 0.3 is 6.61 Å². The molecule has 14 heavy (non-hydrogen) atoms.